The lowest BCUT2D eigenvalue weighted by Gasteiger charge is -2.34. The standard InChI is InChI=1S/C25H35N3O/c1-13(2)17-9-10-20-26-23-19-11-18(24(23)27(20)12-17)21(14(3)4)22(15(5)6)25(29)28(19)16(7)8/h9-10,12-16,18-19H,11H2,1-8H3/t18-,19-/m1/s1. The van der Waals surface area contributed by atoms with E-state index in [-0.39, 0.29) is 29.8 Å². The van der Waals surface area contributed by atoms with Crippen LogP contribution in [0.3, 0.4) is 0 Å². The van der Waals surface area contributed by atoms with E-state index in [1.165, 1.54) is 16.8 Å². The van der Waals surface area contributed by atoms with Crippen LogP contribution in [0.1, 0.15) is 96.6 Å². The first-order valence-electron chi connectivity index (χ1n) is 11.2. The zero-order chi connectivity index (χ0) is 21.2. The first kappa shape index (κ1) is 20.2. The van der Waals surface area contributed by atoms with Crippen LogP contribution < -0.4 is 0 Å². The second kappa shape index (κ2) is 7.00. The molecule has 0 saturated carbocycles. The highest BCUT2D eigenvalue weighted by molar-refractivity contribution is 5.96. The number of amides is 1. The van der Waals surface area contributed by atoms with E-state index in [2.05, 4.69) is 83.0 Å². The summed E-state index contributed by atoms with van der Waals surface area (Å²) in [6, 6.07) is 4.55. The summed E-state index contributed by atoms with van der Waals surface area (Å²) in [5.41, 5.74) is 7.11. The lowest BCUT2D eigenvalue weighted by Crippen LogP contribution is -2.41. The van der Waals surface area contributed by atoms with Gasteiger partial charge in [-0.2, -0.15) is 0 Å². The van der Waals surface area contributed by atoms with Crippen molar-refractivity contribution in [3.63, 3.8) is 0 Å². The first-order valence-corrected chi connectivity index (χ1v) is 11.2. The Bertz CT molecular complexity index is 993. The maximum Gasteiger partial charge on any atom is 0.250 e. The Balaban J connectivity index is 2.05. The molecule has 0 spiro atoms. The fourth-order valence-electron chi connectivity index (χ4n) is 5.48. The van der Waals surface area contributed by atoms with Gasteiger partial charge in [0.05, 0.1) is 17.4 Å². The molecule has 29 heavy (non-hydrogen) atoms. The monoisotopic (exact) mass is 393 g/mol. The molecule has 0 saturated heterocycles. The van der Waals surface area contributed by atoms with Crippen molar-refractivity contribution >= 4 is 11.6 Å². The van der Waals surface area contributed by atoms with E-state index in [4.69, 9.17) is 4.98 Å². The SMILES string of the molecule is CC(C)C1=C(C(C)C)[C@H]2C[C@H](c3nc4ccc(C(C)C)cn4c32)N(C(C)C)C1=O. The Kier molecular flexibility index (Phi) is 4.87. The van der Waals surface area contributed by atoms with Gasteiger partial charge in [0, 0.05) is 23.7 Å². The molecule has 2 aliphatic rings. The number of allylic oxidation sites excluding steroid dienone is 1. The van der Waals surface area contributed by atoms with Crippen molar-refractivity contribution in [2.24, 2.45) is 11.8 Å². The average molecular weight is 394 g/mol. The summed E-state index contributed by atoms with van der Waals surface area (Å²) in [7, 11) is 0. The van der Waals surface area contributed by atoms with E-state index in [1.54, 1.807) is 0 Å². The predicted octanol–water partition coefficient (Wildman–Crippen LogP) is 5.85. The summed E-state index contributed by atoms with van der Waals surface area (Å²) in [6.45, 7) is 17.6. The Morgan fingerprint density at radius 3 is 2.21 bits per heavy atom. The highest BCUT2D eigenvalue weighted by atomic mass is 16.2. The number of pyridine rings is 1. The van der Waals surface area contributed by atoms with Crippen molar-refractivity contribution in [3.05, 3.63) is 46.4 Å². The molecule has 0 fully saturated rings. The van der Waals surface area contributed by atoms with Gasteiger partial charge in [0.25, 0.3) is 5.91 Å². The van der Waals surface area contributed by atoms with Gasteiger partial charge in [-0.15, -0.1) is 0 Å². The van der Waals surface area contributed by atoms with E-state index in [0.29, 0.717) is 11.8 Å². The maximum absolute atomic E-state index is 13.7. The molecule has 3 heterocycles. The second-order valence-electron chi connectivity index (χ2n) is 10.0. The highest BCUT2D eigenvalue weighted by Crippen LogP contribution is 2.53. The van der Waals surface area contributed by atoms with Crippen LogP contribution in [0, 0.1) is 11.8 Å². The van der Waals surface area contributed by atoms with E-state index in [9.17, 15) is 4.79 Å². The molecule has 156 valence electrons. The van der Waals surface area contributed by atoms with Crippen LogP contribution in [0.15, 0.2) is 29.5 Å². The summed E-state index contributed by atoms with van der Waals surface area (Å²) in [6.07, 6.45) is 3.23. The van der Waals surface area contributed by atoms with Gasteiger partial charge < -0.3 is 9.30 Å². The Morgan fingerprint density at radius 1 is 0.966 bits per heavy atom. The summed E-state index contributed by atoms with van der Waals surface area (Å²) in [4.78, 5) is 20.9. The molecular weight excluding hydrogens is 358 g/mol. The lowest BCUT2D eigenvalue weighted by atomic mass is 9.81. The third-order valence-corrected chi connectivity index (χ3v) is 6.72. The number of fused-ring (bicyclic) bond motifs is 7. The molecular formula is C25H35N3O. The van der Waals surface area contributed by atoms with Gasteiger partial charge in [0.15, 0.2) is 0 Å². The van der Waals surface area contributed by atoms with Crippen LogP contribution in [-0.4, -0.2) is 26.2 Å². The normalized spacial score (nSPS) is 22.1. The fourth-order valence-corrected chi connectivity index (χ4v) is 5.48. The van der Waals surface area contributed by atoms with E-state index in [0.717, 1.165) is 23.3 Å². The van der Waals surface area contributed by atoms with Gasteiger partial charge in [-0.3, -0.25) is 4.79 Å². The number of imidazole rings is 1. The number of rotatable bonds is 4. The smallest absolute Gasteiger partial charge is 0.250 e. The lowest BCUT2D eigenvalue weighted by molar-refractivity contribution is -0.131. The molecule has 4 heteroatoms. The summed E-state index contributed by atoms with van der Waals surface area (Å²) >= 11 is 0. The van der Waals surface area contributed by atoms with Crippen molar-refractivity contribution < 1.29 is 4.79 Å². The molecule has 2 aromatic rings. The van der Waals surface area contributed by atoms with E-state index >= 15 is 0 Å². The van der Waals surface area contributed by atoms with E-state index in [1.807, 2.05) is 0 Å². The van der Waals surface area contributed by atoms with Crippen LogP contribution in [-0.2, 0) is 4.79 Å². The molecule has 0 unspecified atom stereocenters. The minimum Gasteiger partial charge on any atom is -0.328 e. The van der Waals surface area contributed by atoms with Crippen LogP contribution in [0.25, 0.3) is 5.65 Å². The quantitative estimate of drug-likeness (QED) is 0.654. The van der Waals surface area contributed by atoms with Gasteiger partial charge in [0.2, 0.25) is 0 Å². The number of hydrogen-bond acceptors (Lipinski definition) is 2. The van der Waals surface area contributed by atoms with Gasteiger partial charge in [-0.05, 0) is 55.2 Å². The fraction of sp³-hybridized carbons (Fsp3) is 0.600. The zero-order valence-electron chi connectivity index (χ0n) is 19.2. The van der Waals surface area contributed by atoms with Gasteiger partial charge >= 0.3 is 0 Å². The number of hydrogen-bond donors (Lipinski definition) is 0. The Morgan fingerprint density at radius 2 is 1.66 bits per heavy atom. The predicted molar refractivity (Wildman–Crippen MR) is 118 cm³/mol. The molecule has 4 rings (SSSR count). The van der Waals surface area contributed by atoms with E-state index < -0.39 is 0 Å². The topological polar surface area (TPSA) is 37.6 Å². The third-order valence-electron chi connectivity index (χ3n) is 6.72. The van der Waals surface area contributed by atoms with Gasteiger partial charge in [-0.1, -0.05) is 47.6 Å². The van der Waals surface area contributed by atoms with Crippen LogP contribution >= 0.6 is 0 Å². The minimum absolute atomic E-state index is 0.0647. The third kappa shape index (κ3) is 2.94. The molecule has 2 atom stereocenters. The Labute approximate surface area is 175 Å². The van der Waals surface area contributed by atoms with Crippen molar-refractivity contribution in [2.75, 3.05) is 0 Å². The largest absolute Gasteiger partial charge is 0.328 e. The van der Waals surface area contributed by atoms with Crippen molar-refractivity contribution in [3.8, 4) is 0 Å². The number of carbonyl (C=O) groups excluding carboxylic acids is 1. The minimum atomic E-state index is 0.0647. The molecule has 1 aliphatic carbocycles. The molecule has 2 bridgehead atoms. The highest BCUT2D eigenvalue weighted by Gasteiger charge is 2.48. The van der Waals surface area contributed by atoms with Crippen LogP contribution in [0.5, 0.6) is 0 Å². The number of nitrogens with zero attached hydrogens (tertiary/aromatic N) is 3. The molecule has 0 N–H and O–H groups in total. The average Bonchev–Trinajstić information content (AvgIpc) is 3.11. The molecule has 0 aromatic carbocycles. The number of carbonyl (C=O) groups is 1. The number of aromatic nitrogens is 2. The zero-order valence-corrected chi connectivity index (χ0v) is 19.2. The maximum atomic E-state index is 13.7. The van der Waals surface area contributed by atoms with Gasteiger partial charge in [0.1, 0.15) is 5.65 Å². The molecule has 2 aromatic heterocycles. The van der Waals surface area contributed by atoms with Crippen molar-refractivity contribution in [1.82, 2.24) is 14.3 Å². The molecule has 1 aliphatic heterocycles. The molecule has 1 amide bonds. The van der Waals surface area contributed by atoms with Gasteiger partial charge in [-0.25, -0.2) is 4.98 Å². The second-order valence-corrected chi connectivity index (χ2v) is 10.0. The first-order chi connectivity index (χ1) is 13.6. The molecule has 4 nitrogen and oxygen atoms in total. The summed E-state index contributed by atoms with van der Waals surface area (Å²) < 4.78 is 2.32. The van der Waals surface area contributed by atoms with Crippen LogP contribution in [0.2, 0.25) is 0 Å². The van der Waals surface area contributed by atoms with Crippen molar-refractivity contribution in [1.29, 1.82) is 0 Å². The summed E-state index contributed by atoms with van der Waals surface area (Å²) in [5.74, 6) is 1.50. The molecule has 0 radical (unpaired) electrons. The van der Waals surface area contributed by atoms with Crippen molar-refractivity contribution in [2.45, 2.75) is 85.7 Å². The van der Waals surface area contributed by atoms with Crippen LogP contribution in [0.4, 0.5) is 0 Å². The summed E-state index contributed by atoms with van der Waals surface area (Å²) in [5, 5.41) is 0. The Hall–Kier alpha value is -2.10.